The Balaban J connectivity index is 2.74. The van der Waals surface area contributed by atoms with Crippen LogP contribution in [-0.4, -0.2) is 50.6 Å². The van der Waals surface area contributed by atoms with E-state index in [0.29, 0.717) is 32.0 Å². The molecule has 4 atom stereocenters. The van der Waals surface area contributed by atoms with Gasteiger partial charge in [-0.3, -0.25) is 0 Å². The Morgan fingerprint density at radius 1 is 1.19 bits per heavy atom. The van der Waals surface area contributed by atoms with E-state index in [0.717, 1.165) is 0 Å². The summed E-state index contributed by atoms with van der Waals surface area (Å²) >= 11 is 0. The summed E-state index contributed by atoms with van der Waals surface area (Å²) in [4.78, 5) is 10.5. The molecule has 5 nitrogen and oxygen atoms in total. The second-order valence-corrected chi connectivity index (χ2v) is 4.61. The van der Waals surface area contributed by atoms with E-state index in [1.165, 1.54) is 0 Å². The van der Waals surface area contributed by atoms with Crippen molar-refractivity contribution in [2.75, 3.05) is 0 Å². The van der Waals surface area contributed by atoms with Crippen LogP contribution in [0.2, 0.25) is 0 Å². The van der Waals surface area contributed by atoms with Gasteiger partial charge in [-0.2, -0.15) is 0 Å². The zero-order valence-corrected chi connectivity index (χ0v) is 9.25. The lowest BCUT2D eigenvalue weighted by Crippen LogP contribution is -2.45. The van der Waals surface area contributed by atoms with Gasteiger partial charge in [-0.1, -0.05) is 12.8 Å². The molecule has 0 aromatic carbocycles. The van der Waals surface area contributed by atoms with Gasteiger partial charge in [0.05, 0.1) is 23.9 Å². The molecule has 1 fully saturated rings. The van der Waals surface area contributed by atoms with Crippen molar-refractivity contribution in [2.45, 2.75) is 62.4 Å². The first-order valence-corrected chi connectivity index (χ1v) is 5.70. The molecule has 0 amide bonds. The van der Waals surface area contributed by atoms with Gasteiger partial charge in [0, 0.05) is 12.8 Å². The van der Waals surface area contributed by atoms with Crippen LogP contribution in [0.25, 0.3) is 0 Å². The fourth-order valence-electron chi connectivity index (χ4n) is 2.13. The van der Waals surface area contributed by atoms with Crippen LogP contribution < -0.4 is 0 Å². The molecule has 0 aromatic heterocycles. The highest BCUT2D eigenvalue weighted by Crippen LogP contribution is 2.28. The van der Waals surface area contributed by atoms with Crippen molar-refractivity contribution >= 4 is 6.29 Å². The molecular weight excluding hydrogens is 212 g/mol. The van der Waals surface area contributed by atoms with Crippen molar-refractivity contribution in [3.8, 4) is 0 Å². The Kier molecular flexibility index (Phi) is 4.86. The van der Waals surface area contributed by atoms with Gasteiger partial charge in [-0.05, 0) is 12.8 Å². The predicted molar refractivity (Wildman–Crippen MR) is 56.7 cm³/mol. The normalized spacial score (nSPS) is 41.9. The minimum absolute atomic E-state index is 0.106. The van der Waals surface area contributed by atoms with E-state index in [2.05, 4.69) is 0 Å². The Morgan fingerprint density at radius 2 is 1.88 bits per heavy atom. The van der Waals surface area contributed by atoms with Crippen molar-refractivity contribution in [3.63, 3.8) is 0 Å². The van der Waals surface area contributed by atoms with Crippen molar-refractivity contribution in [1.29, 1.82) is 0 Å². The third-order valence-corrected chi connectivity index (χ3v) is 3.33. The van der Waals surface area contributed by atoms with Crippen LogP contribution in [-0.2, 0) is 4.79 Å². The van der Waals surface area contributed by atoms with Crippen LogP contribution in [0.5, 0.6) is 0 Å². The molecule has 1 rings (SSSR count). The summed E-state index contributed by atoms with van der Waals surface area (Å²) in [5, 5.41) is 39.0. The summed E-state index contributed by atoms with van der Waals surface area (Å²) in [5.41, 5.74) is -1.47. The van der Waals surface area contributed by atoms with Gasteiger partial charge in [-0.25, -0.2) is 0 Å². The zero-order valence-electron chi connectivity index (χ0n) is 9.25. The molecule has 1 aliphatic carbocycles. The molecule has 0 spiro atoms. The van der Waals surface area contributed by atoms with Crippen LogP contribution in [0.4, 0.5) is 0 Å². The standard InChI is InChI=1S/C11H20O5/c12-6-5-11(16)4-2-1-3-8(13)9(14)7-10(11)15/h6,8-10,13-16H,1-5,7H2. The third-order valence-electron chi connectivity index (χ3n) is 3.33. The molecule has 0 aromatic rings. The highest BCUT2D eigenvalue weighted by molar-refractivity contribution is 5.51. The quantitative estimate of drug-likeness (QED) is 0.474. The maximum absolute atomic E-state index is 10.5. The Morgan fingerprint density at radius 3 is 2.50 bits per heavy atom. The summed E-state index contributed by atoms with van der Waals surface area (Å²) in [7, 11) is 0. The monoisotopic (exact) mass is 232 g/mol. The summed E-state index contributed by atoms with van der Waals surface area (Å²) in [6.07, 6.45) is -0.735. The highest BCUT2D eigenvalue weighted by atomic mass is 16.4. The van der Waals surface area contributed by atoms with Crippen molar-refractivity contribution in [2.24, 2.45) is 0 Å². The molecule has 5 heteroatoms. The van der Waals surface area contributed by atoms with E-state index < -0.39 is 23.9 Å². The molecule has 94 valence electrons. The molecular formula is C11H20O5. The highest BCUT2D eigenvalue weighted by Gasteiger charge is 2.38. The summed E-state index contributed by atoms with van der Waals surface area (Å²) in [5.74, 6) is 0. The molecule has 1 aliphatic rings. The van der Waals surface area contributed by atoms with E-state index in [1.54, 1.807) is 0 Å². The minimum Gasteiger partial charge on any atom is -0.390 e. The SMILES string of the molecule is O=CCC1(O)CCCCC(O)C(O)CC1O. The van der Waals surface area contributed by atoms with Crippen LogP contribution in [0.15, 0.2) is 0 Å². The first-order valence-electron chi connectivity index (χ1n) is 5.70. The molecule has 0 aliphatic heterocycles. The Bertz CT molecular complexity index is 232. The van der Waals surface area contributed by atoms with Crippen LogP contribution in [0.3, 0.4) is 0 Å². The lowest BCUT2D eigenvalue weighted by Gasteiger charge is -2.32. The van der Waals surface area contributed by atoms with Gasteiger partial charge >= 0.3 is 0 Å². The van der Waals surface area contributed by atoms with Crippen molar-refractivity contribution in [1.82, 2.24) is 0 Å². The fraction of sp³-hybridized carbons (Fsp3) is 0.909. The predicted octanol–water partition coefficient (Wildman–Crippen LogP) is -0.647. The number of carbonyl (C=O) groups is 1. The number of hydrogen-bond acceptors (Lipinski definition) is 5. The number of aliphatic hydroxyl groups is 4. The molecule has 4 N–H and O–H groups in total. The van der Waals surface area contributed by atoms with E-state index in [1.807, 2.05) is 0 Å². The van der Waals surface area contributed by atoms with Crippen molar-refractivity contribution in [3.05, 3.63) is 0 Å². The smallest absolute Gasteiger partial charge is 0.122 e. The Hall–Kier alpha value is -0.490. The lowest BCUT2D eigenvalue weighted by atomic mass is 9.86. The zero-order chi connectivity index (χ0) is 12.2. The maximum Gasteiger partial charge on any atom is 0.122 e. The van der Waals surface area contributed by atoms with Gasteiger partial charge in [-0.15, -0.1) is 0 Å². The first kappa shape index (κ1) is 13.6. The molecule has 1 saturated carbocycles. The van der Waals surface area contributed by atoms with Crippen LogP contribution in [0, 0.1) is 0 Å². The number of hydrogen-bond donors (Lipinski definition) is 4. The molecule has 16 heavy (non-hydrogen) atoms. The molecule has 0 radical (unpaired) electrons. The van der Waals surface area contributed by atoms with Crippen LogP contribution >= 0.6 is 0 Å². The third kappa shape index (κ3) is 3.25. The van der Waals surface area contributed by atoms with Gasteiger partial charge in [0.15, 0.2) is 0 Å². The van der Waals surface area contributed by atoms with Gasteiger partial charge in [0.25, 0.3) is 0 Å². The average Bonchev–Trinajstić information content (AvgIpc) is 2.26. The minimum atomic E-state index is -1.47. The van der Waals surface area contributed by atoms with Gasteiger partial charge in [0.1, 0.15) is 6.29 Å². The Labute approximate surface area is 94.7 Å². The molecule has 4 unspecified atom stereocenters. The van der Waals surface area contributed by atoms with E-state index in [9.17, 15) is 25.2 Å². The summed E-state index contributed by atoms with van der Waals surface area (Å²) < 4.78 is 0. The molecule has 0 saturated heterocycles. The largest absolute Gasteiger partial charge is 0.390 e. The maximum atomic E-state index is 10.5. The summed E-state index contributed by atoms with van der Waals surface area (Å²) in [6, 6.07) is 0. The number of rotatable bonds is 2. The second kappa shape index (κ2) is 5.72. The van der Waals surface area contributed by atoms with Crippen molar-refractivity contribution < 1.29 is 25.2 Å². The van der Waals surface area contributed by atoms with E-state index >= 15 is 0 Å². The topological polar surface area (TPSA) is 98.0 Å². The number of aliphatic hydroxyl groups excluding tert-OH is 3. The lowest BCUT2D eigenvalue weighted by molar-refractivity contribution is -0.127. The van der Waals surface area contributed by atoms with E-state index in [-0.39, 0.29) is 12.8 Å². The fourth-order valence-corrected chi connectivity index (χ4v) is 2.13. The summed E-state index contributed by atoms with van der Waals surface area (Å²) in [6.45, 7) is 0. The van der Waals surface area contributed by atoms with Gasteiger partial charge in [0.2, 0.25) is 0 Å². The average molecular weight is 232 g/mol. The molecule has 0 heterocycles. The van der Waals surface area contributed by atoms with Crippen LogP contribution in [0.1, 0.15) is 38.5 Å². The number of carbonyl (C=O) groups excluding carboxylic acids is 1. The van der Waals surface area contributed by atoms with Gasteiger partial charge < -0.3 is 25.2 Å². The molecule has 0 bridgehead atoms. The van der Waals surface area contributed by atoms with E-state index in [4.69, 9.17) is 0 Å². The second-order valence-electron chi connectivity index (χ2n) is 4.61. The first-order chi connectivity index (χ1) is 7.49. The number of aldehydes is 1.